The summed E-state index contributed by atoms with van der Waals surface area (Å²) in [6.45, 7) is 3.25. The van der Waals surface area contributed by atoms with Crippen LogP contribution in [0.5, 0.6) is 11.5 Å². The quantitative estimate of drug-likeness (QED) is 0.867. The van der Waals surface area contributed by atoms with Crippen LogP contribution in [0.15, 0.2) is 34.1 Å². The van der Waals surface area contributed by atoms with Gasteiger partial charge in [0.25, 0.3) is 5.91 Å². The first kappa shape index (κ1) is 15.4. The van der Waals surface area contributed by atoms with Crippen molar-refractivity contribution in [3.8, 4) is 11.5 Å². The van der Waals surface area contributed by atoms with Crippen LogP contribution in [0.1, 0.15) is 34.6 Å². The van der Waals surface area contributed by atoms with Gasteiger partial charge in [-0.3, -0.25) is 4.79 Å². The average molecular weight is 382 g/mol. The summed E-state index contributed by atoms with van der Waals surface area (Å²) >= 11 is 4.99. The van der Waals surface area contributed by atoms with Gasteiger partial charge < -0.3 is 14.8 Å². The predicted molar refractivity (Wildman–Crippen MR) is 89.9 cm³/mol. The highest BCUT2D eigenvalue weighted by Crippen LogP contribution is 2.37. The fourth-order valence-electron chi connectivity index (χ4n) is 2.28. The van der Waals surface area contributed by atoms with E-state index in [0.717, 1.165) is 28.0 Å². The van der Waals surface area contributed by atoms with Crippen LogP contribution >= 0.6 is 27.3 Å². The smallest absolute Gasteiger partial charge is 0.261 e. The van der Waals surface area contributed by atoms with Crippen LogP contribution in [0.2, 0.25) is 0 Å². The fraction of sp³-hybridized carbons (Fsp3) is 0.312. The van der Waals surface area contributed by atoms with Crippen LogP contribution in [0.25, 0.3) is 0 Å². The van der Waals surface area contributed by atoms with E-state index in [1.165, 1.54) is 11.3 Å². The predicted octanol–water partition coefficient (Wildman–Crippen LogP) is 4.16. The molecule has 2 heterocycles. The highest BCUT2D eigenvalue weighted by atomic mass is 79.9. The zero-order valence-electron chi connectivity index (χ0n) is 12.1. The molecule has 116 valence electrons. The van der Waals surface area contributed by atoms with Crippen LogP contribution in [0, 0.1) is 0 Å². The van der Waals surface area contributed by atoms with Crippen LogP contribution < -0.4 is 14.8 Å². The molecule has 1 amide bonds. The van der Waals surface area contributed by atoms with E-state index in [1.54, 1.807) is 0 Å². The van der Waals surface area contributed by atoms with Crippen molar-refractivity contribution in [2.24, 2.45) is 0 Å². The first-order valence-corrected chi connectivity index (χ1v) is 8.76. The Morgan fingerprint density at radius 3 is 2.73 bits per heavy atom. The Bertz CT molecular complexity index is 672. The Morgan fingerprint density at radius 2 is 2.05 bits per heavy atom. The topological polar surface area (TPSA) is 47.6 Å². The number of rotatable bonds is 3. The second-order valence-electron chi connectivity index (χ2n) is 5.04. The van der Waals surface area contributed by atoms with E-state index in [0.29, 0.717) is 18.1 Å². The van der Waals surface area contributed by atoms with E-state index in [1.807, 2.05) is 36.6 Å². The maximum Gasteiger partial charge on any atom is 0.261 e. The second-order valence-corrected chi connectivity index (χ2v) is 6.85. The molecule has 0 unspecified atom stereocenters. The fourth-order valence-corrected chi connectivity index (χ4v) is 3.58. The molecule has 6 heteroatoms. The number of carbonyl (C=O) groups is 1. The summed E-state index contributed by atoms with van der Waals surface area (Å²) in [5, 5.41) is 4.90. The van der Waals surface area contributed by atoms with Gasteiger partial charge in [-0.2, -0.15) is 0 Å². The van der Waals surface area contributed by atoms with Gasteiger partial charge in [0.2, 0.25) is 0 Å². The molecule has 1 N–H and O–H groups in total. The maximum atomic E-state index is 12.2. The summed E-state index contributed by atoms with van der Waals surface area (Å²) in [4.78, 5) is 12.9. The van der Waals surface area contributed by atoms with E-state index in [-0.39, 0.29) is 11.9 Å². The lowest BCUT2D eigenvalue weighted by molar-refractivity contribution is 0.0944. The molecular weight excluding hydrogens is 366 g/mol. The molecule has 3 rings (SSSR count). The third kappa shape index (κ3) is 3.28. The SMILES string of the molecule is C[C@@H](NC(=O)c1cccs1)c1cc2c(cc1Br)OCCCO2. The largest absolute Gasteiger partial charge is 0.490 e. The molecular formula is C16H16BrNO3S. The van der Waals surface area contributed by atoms with Gasteiger partial charge in [-0.1, -0.05) is 22.0 Å². The molecule has 0 aliphatic carbocycles. The van der Waals surface area contributed by atoms with Gasteiger partial charge in [0, 0.05) is 10.9 Å². The maximum absolute atomic E-state index is 12.2. The van der Waals surface area contributed by atoms with Gasteiger partial charge in [-0.15, -0.1) is 11.3 Å². The molecule has 1 aromatic heterocycles. The molecule has 1 aliphatic rings. The van der Waals surface area contributed by atoms with Crippen molar-refractivity contribution >= 4 is 33.2 Å². The monoisotopic (exact) mass is 381 g/mol. The number of hydrogen-bond donors (Lipinski definition) is 1. The normalized spacial score (nSPS) is 15.0. The number of amides is 1. The zero-order valence-corrected chi connectivity index (χ0v) is 14.5. The van der Waals surface area contributed by atoms with Gasteiger partial charge in [0.05, 0.1) is 24.1 Å². The van der Waals surface area contributed by atoms with Crippen LogP contribution in [-0.2, 0) is 0 Å². The van der Waals surface area contributed by atoms with Crippen LogP contribution in [0.4, 0.5) is 0 Å². The van der Waals surface area contributed by atoms with Crippen molar-refractivity contribution < 1.29 is 14.3 Å². The number of fused-ring (bicyclic) bond motifs is 1. The number of halogens is 1. The van der Waals surface area contributed by atoms with E-state index in [2.05, 4.69) is 21.2 Å². The molecule has 1 aliphatic heterocycles. The first-order chi connectivity index (χ1) is 10.6. The third-order valence-electron chi connectivity index (χ3n) is 3.43. The molecule has 0 saturated heterocycles. The summed E-state index contributed by atoms with van der Waals surface area (Å²) in [7, 11) is 0. The summed E-state index contributed by atoms with van der Waals surface area (Å²) in [6.07, 6.45) is 0.867. The number of carbonyl (C=O) groups excluding carboxylic acids is 1. The van der Waals surface area contributed by atoms with Crippen molar-refractivity contribution in [3.63, 3.8) is 0 Å². The minimum absolute atomic E-state index is 0.0680. The Balaban J connectivity index is 1.81. The lowest BCUT2D eigenvalue weighted by Gasteiger charge is -2.18. The van der Waals surface area contributed by atoms with E-state index >= 15 is 0 Å². The Kier molecular flexibility index (Phi) is 4.69. The molecule has 0 radical (unpaired) electrons. The van der Waals surface area contributed by atoms with Gasteiger partial charge >= 0.3 is 0 Å². The Labute approximate surface area is 141 Å². The van der Waals surface area contributed by atoms with Gasteiger partial charge in [0.15, 0.2) is 11.5 Å². The highest BCUT2D eigenvalue weighted by Gasteiger charge is 2.19. The Morgan fingerprint density at radius 1 is 1.32 bits per heavy atom. The lowest BCUT2D eigenvalue weighted by atomic mass is 10.1. The molecule has 4 nitrogen and oxygen atoms in total. The first-order valence-electron chi connectivity index (χ1n) is 7.08. The minimum atomic E-state index is -0.138. The third-order valence-corrected chi connectivity index (χ3v) is 4.98. The van der Waals surface area contributed by atoms with Gasteiger partial charge in [-0.05, 0) is 36.1 Å². The molecule has 0 spiro atoms. The van der Waals surface area contributed by atoms with E-state index < -0.39 is 0 Å². The summed E-state index contributed by atoms with van der Waals surface area (Å²) in [6, 6.07) is 7.39. The standard InChI is InChI=1S/C16H16BrNO3S/c1-10(18-16(19)15-4-2-7-22-15)11-8-13-14(9-12(11)17)21-6-3-5-20-13/h2,4,7-10H,3,5-6H2,1H3,(H,18,19)/t10-/m1/s1. The zero-order chi connectivity index (χ0) is 15.5. The van der Waals surface area contributed by atoms with Gasteiger partial charge in [-0.25, -0.2) is 0 Å². The van der Waals surface area contributed by atoms with Crippen LogP contribution in [-0.4, -0.2) is 19.1 Å². The van der Waals surface area contributed by atoms with Crippen molar-refractivity contribution in [1.29, 1.82) is 0 Å². The van der Waals surface area contributed by atoms with Crippen LogP contribution in [0.3, 0.4) is 0 Å². The number of ether oxygens (including phenoxy) is 2. The van der Waals surface area contributed by atoms with Crippen molar-refractivity contribution in [1.82, 2.24) is 5.32 Å². The second kappa shape index (κ2) is 6.71. The number of nitrogens with one attached hydrogen (secondary N) is 1. The van der Waals surface area contributed by atoms with E-state index in [4.69, 9.17) is 9.47 Å². The highest BCUT2D eigenvalue weighted by molar-refractivity contribution is 9.10. The molecule has 1 aromatic carbocycles. The Hall–Kier alpha value is -1.53. The average Bonchev–Trinajstić information content (AvgIpc) is 2.94. The number of thiophene rings is 1. The number of hydrogen-bond acceptors (Lipinski definition) is 4. The molecule has 2 aromatic rings. The summed E-state index contributed by atoms with van der Waals surface area (Å²) < 4.78 is 12.3. The van der Waals surface area contributed by atoms with Crippen molar-refractivity contribution in [3.05, 3.63) is 44.6 Å². The number of benzene rings is 1. The lowest BCUT2D eigenvalue weighted by Crippen LogP contribution is -2.26. The molecule has 22 heavy (non-hydrogen) atoms. The molecule has 0 saturated carbocycles. The van der Waals surface area contributed by atoms with Crippen molar-refractivity contribution in [2.75, 3.05) is 13.2 Å². The van der Waals surface area contributed by atoms with E-state index in [9.17, 15) is 4.79 Å². The minimum Gasteiger partial charge on any atom is -0.490 e. The van der Waals surface area contributed by atoms with Gasteiger partial charge in [0.1, 0.15) is 0 Å². The molecule has 0 fully saturated rings. The summed E-state index contributed by atoms with van der Waals surface area (Å²) in [5.74, 6) is 1.40. The van der Waals surface area contributed by atoms with Crippen molar-refractivity contribution in [2.45, 2.75) is 19.4 Å². The summed E-state index contributed by atoms with van der Waals surface area (Å²) in [5.41, 5.74) is 0.967. The molecule has 0 bridgehead atoms. The molecule has 1 atom stereocenters.